The first-order chi connectivity index (χ1) is 21.4. The zero-order valence-electron chi connectivity index (χ0n) is 27.2. The summed E-state index contributed by atoms with van der Waals surface area (Å²) >= 11 is 0. The first kappa shape index (κ1) is 32.5. The minimum absolute atomic E-state index is 0.0369. The lowest BCUT2D eigenvalue weighted by atomic mass is 9.94. The van der Waals surface area contributed by atoms with Crippen LogP contribution in [0, 0.1) is 5.92 Å². The Hall–Kier alpha value is -3.85. The van der Waals surface area contributed by atoms with Crippen LogP contribution in [0.5, 0.6) is 0 Å². The molecule has 6 rings (SSSR count). The third-order valence-electron chi connectivity index (χ3n) is 7.99. The second kappa shape index (κ2) is 14.1. The van der Waals surface area contributed by atoms with Crippen LogP contribution in [0.1, 0.15) is 83.0 Å². The summed E-state index contributed by atoms with van der Waals surface area (Å²) in [4.78, 5) is 13.7. The maximum Gasteiger partial charge on any atom is 0.156 e. The number of fused-ring (bicyclic) bond motifs is 2. The molecule has 1 aliphatic carbocycles. The van der Waals surface area contributed by atoms with Gasteiger partial charge in [0, 0.05) is 34.7 Å². The molecule has 1 aliphatic rings. The number of anilines is 1. The van der Waals surface area contributed by atoms with Crippen LogP contribution in [0.4, 0.5) is 5.82 Å². The van der Waals surface area contributed by atoms with E-state index in [1.165, 1.54) is 56.2 Å². The topological polar surface area (TPSA) is 105 Å². The Bertz CT molecular complexity index is 1680. The predicted octanol–water partition coefficient (Wildman–Crippen LogP) is 7.59. The minimum atomic E-state index is -1.50. The molecule has 0 radical (unpaired) electrons. The van der Waals surface area contributed by atoms with Gasteiger partial charge in [0.2, 0.25) is 0 Å². The lowest BCUT2D eigenvalue weighted by molar-refractivity contribution is -0.127. The second-order valence-corrected chi connectivity index (χ2v) is 13.8. The fourth-order valence-electron chi connectivity index (χ4n) is 6.05. The number of aromatic nitrogens is 4. The van der Waals surface area contributed by atoms with Crippen LogP contribution in [0.15, 0.2) is 79.4 Å². The molecule has 0 aliphatic heterocycles. The molecule has 2 aromatic carbocycles. The highest BCUT2D eigenvalue weighted by atomic mass is 16.5. The smallest absolute Gasteiger partial charge is 0.156 e. The van der Waals surface area contributed by atoms with Crippen molar-refractivity contribution >= 4 is 27.8 Å². The number of hydrogen-bond donors (Lipinski definition) is 3. The van der Waals surface area contributed by atoms with Crippen molar-refractivity contribution in [3.8, 4) is 0 Å². The van der Waals surface area contributed by atoms with E-state index in [1.807, 2.05) is 12.3 Å². The van der Waals surface area contributed by atoms with Crippen molar-refractivity contribution < 1.29 is 14.9 Å². The van der Waals surface area contributed by atoms with Crippen LogP contribution in [0.25, 0.3) is 21.9 Å². The van der Waals surface area contributed by atoms with Crippen LogP contribution in [-0.4, -0.2) is 41.1 Å². The van der Waals surface area contributed by atoms with Gasteiger partial charge in [-0.1, -0.05) is 30.3 Å². The monoisotopic (exact) mass is 609 g/mol. The molecule has 8 heteroatoms. The van der Waals surface area contributed by atoms with Gasteiger partial charge in [-0.05, 0) is 120 Å². The van der Waals surface area contributed by atoms with Gasteiger partial charge in [-0.2, -0.15) is 0 Å². The van der Waals surface area contributed by atoms with E-state index in [0.717, 1.165) is 34.2 Å². The summed E-state index contributed by atoms with van der Waals surface area (Å²) in [6.45, 7) is 10.3. The van der Waals surface area contributed by atoms with Crippen LogP contribution >= 0.6 is 0 Å². The van der Waals surface area contributed by atoms with E-state index in [0.29, 0.717) is 25.2 Å². The lowest BCUT2D eigenvalue weighted by Gasteiger charge is -2.21. The van der Waals surface area contributed by atoms with E-state index in [4.69, 9.17) is 19.9 Å². The van der Waals surface area contributed by atoms with Crippen LogP contribution in [0.2, 0.25) is 0 Å². The third-order valence-corrected chi connectivity index (χ3v) is 7.99. The van der Waals surface area contributed by atoms with Crippen molar-refractivity contribution in [1.29, 1.82) is 0 Å². The minimum Gasteiger partial charge on any atom is -0.372 e. The number of pyridine rings is 1. The summed E-state index contributed by atoms with van der Waals surface area (Å²) in [6, 6.07) is 21.9. The Morgan fingerprint density at radius 1 is 0.911 bits per heavy atom. The molecule has 238 valence electrons. The van der Waals surface area contributed by atoms with E-state index >= 15 is 0 Å². The van der Waals surface area contributed by atoms with Gasteiger partial charge in [0.05, 0.1) is 18.7 Å². The van der Waals surface area contributed by atoms with E-state index in [-0.39, 0.29) is 5.54 Å². The van der Waals surface area contributed by atoms with Gasteiger partial charge in [0.1, 0.15) is 17.8 Å². The molecule has 3 heterocycles. The highest BCUT2D eigenvalue weighted by Crippen LogP contribution is 2.39. The molecule has 45 heavy (non-hydrogen) atoms. The van der Waals surface area contributed by atoms with Gasteiger partial charge < -0.3 is 24.8 Å². The molecule has 0 saturated heterocycles. The normalized spacial score (nSPS) is 17.0. The Balaban J connectivity index is 0.000000743. The average molecular weight is 610 g/mol. The van der Waals surface area contributed by atoms with Crippen molar-refractivity contribution in [2.75, 3.05) is 5.32 Å². The largest absolute Gasteiger partial charge is 0.372 e. The van der Waals surface area contributed by atoms with Gasteiger partial charge in [0.15, 0.2) is 5.79 Å². The summed E-state index contributed by atoms with van der Waals surface area (Å²) in [6.07, 6.45) is 11.6. The molecule has 0 bridgehead atoms. The maximum absolute atomic E-state index is 8.08. The number of aliphatic hydroxyl groups is 2. The SMILES string of the molecule is CC(C)(C)Nc1ccc2cc(COCc3ccccc3)c(CCC3CCC(n4ccc5cncnc54)C3)cc2n1.CC(C)(O)O. The zero-order chi connectivity index (χ0) is 32.0. The highest BCUT2D eigenvalue weighted by Gasteiger charge is 2.27. The number of benzene rings is 2. The summed E-state index contributed by atoms with van der Waals surface area (Å²) in [5, 5.41) is 21.9. The molecular weight excluding hydrogens is 562 g/mol. The Kier molecular flexibility index (Phi) is 10.2. The molecule has 3 N–H and O–H groups in total. The van der Waals surface area contributed by atoms with E-state index in [1.54, 1.807) is 6.33 Å². The Labute approximate surface area is 266 Å². The number of rotatable bonds is 9. The molecule has 5 aromatic rings. The van der Waals surface area contributed by atoms with Gasteiger partial charge in [-0.25, -0.2) is 15.0 Å². The Morgan fingerprint density at radius 3 is 2.44 bits per heavy atom. The van der Waals surface area contributed by atoms with E-state index < -0.39 is 5.79 Å². The predicted molar refractivity (Wildman–Crippen MR) is 181 cm³/mol. The maximum atomic E-state index is 8.08. The van der Waals surface area contributed by atoms with Crippen molar-refractivity contribution in [3.05, 3.63) is 96.1 Å². The van der Waals surface area contributed by atoms with Crippen LogP contribution < -0.4 is 5.32 Å². The molecule has 8 nitrogen and oxygen atoms in total. The highest BCUT2D eigenvalue weighted by molar-refractivity contribution is 5.82. The van der Waals surface area contributed by atoms with Crippen molar-refractivity contribution in [3.63, 3.8) is 0 Å². The average Bonchev–Trinajstić information content (AvgIpc) is 3.62. The van der Waals surface area contributed by atoms with Crippen LogP contribution in [0.3, 0.4) is 0 Å². The summed E-state index contributed by atoms with van der Waals surface area (Å²) in [5.41, 5.74) is 5.87. The van der Waals surface area contributed by atoms with E-state index in [9.17, 15) is 0 Å². The number of nitrogens with zero attached hydrogens (tertiary/aromatic N) is 4. The van der Waals surface area contributed by atoms with E-state index in [2.05, 4.69) is 101 Å². The summed E-state index contributed by atoms with van der Waals surface area (Å²) < 4.78 is 8.58. The molecule has 1 saturated carbocycles. The summed E-state index contributed by atoms with van der Waals surface area (Å²) in [7, 11) is 0. The van der Waals surface area contributed by atoms with Crippen molar-refractivity contribution in [1.82, 2.24) is 19.5 Å². The number of aryl methyl sites for hydroxylation is 1. The number of nitrogens with one attached hydrogen (secondary N) is 1. The first-order valence-corrected chi connectivity index (χ1v) is 15.9. The van der Waals surface area contributed by atoms with Crippen molar-refractivity contribution in [2.24, 2.45) is 5.92 Å². The quantitative estimate of drug-likeness (QED) is 0.148. The molecule has 3 aromatic heterocycles. The standard InChI is InChI=1S/C34H39N5O.C3H8O2/c1-34(2,3)38-32-14-12-27-18-29(22-40-21-25-7-5-4-6-8-25)26(19-31(27)37-32)11-9-24-10-13-30(17-24)39-16-15-28-20-35-23-36-33(28)39;1-3(2,4)5/h4-8,12,14-16,18-20,23-24,30H,9-11,13,17,21-22H2,1-3H3,(H,37,38);4-5H,1-2H3. The fraction of sp³-hybridized carbons (Fsp3) is 0.432. The number of hydrogen-bond acceptors (Lipinski definition) is 7. The van der Waals surface area contributed by atoms with Gasteiger partial charge >= 0.3 is 0 Å². The summed E-state index contributed by atoms with van der Waals surface area (Å²) in [5.74, 6) is 0.111. The third kappa shape index (κ3) is 9.57. The zero-order valence-corrected chi connectivity index (χ0v) is 27.2. The fourth-order valence-corrected chi connectivity index (χ4v) is 6.05. The Morgan fingerprint density at radius 2 is 1.69 bits per heavy atom. The van der Waals surface area contributed by atoms with Crippen LogP contribution in [-0.2, 0) is 24.4 Å². The molecule has 1 fully saturated rings. The molecule has 2 unspecified atom stereocenters. The van der Waals surface area contributed by atoms with Crippen molar-refractivity contribution in [2.45, 2.75) is 97.3 Å². The molecule has 2 atom stereocenters. The lowest BCUT2D eigenvalue weighted by Crippen LogP contribution is -2.26. The first-order valence-electron chi connectivity index (χ1n) is 15.9. The molecule has 0 amide bonds. The molecular formula is C37H47N5O3. The molecule has 0 spiro atoms. The van der Waals surface area contributed by atoms with Gasteiger partial charge in [-0.15, -0.1) is 0 Å². The van der Waals surface area contributed by atoms with Gasteiger partial charge in [-0.3, -0.25) is 0 Å². The van der Waals surface area contributed by atoms with Gasteiger partial charge in [0.25, 0.3) is 0 Å². The number of ether oxygens (including phenoxy) is 1. The second-order valence-electron chi connectivity index (χ2n) is 13.8.